The Balaban J connectivity index is 4.18. The number of aliphatic carboxylic acids is 1. The quantitative estimate of drug-likeness (QED) is 0.583. The zero-order valence-electron chi connectivity index (χ0n) is 11.7. The molecule has 0 aromatic rings. The van der Waals surface area contributed by atoms with Crippen molar-refractivity contribution < 1.29 is 9.90 Å². The fourth-order valence-electron chi connectivity index (χ4n) is 2.08. The summed E-state index contributed by atoms with van der Waals surface area (Å²) in [6, 6.07) is 0.0151. The molecular weight excluding hydrogens is 214 g/mol. The van der Waals surface area contributed by atoms with Crippen molar-refractivity contribution in [3.8, 4) is 0 Å². The van der Waals surface area contributed by atoms with Crippen molar-refractivity contribution >= 4 is 5.97 Å². The maximum atomic E-state index is 11.2. The maximum absolute atomic E-state index is 11.2. The fraction of sp³-hybridized carbons (Fsp3) is 0.929. The summed E-state index contributed by atoms with van der Waals surface area (Å²) in [6.45, 7) is 6.43. The third-order valence-corrected chi connectivity index (χ3v) is 3.12. The van der Waals surface area contributed by atoms with Gasteiger partial charge in [-0.25, -0.2) is 0 Å². The molecule has 0 amide bonds. The van der Waals surface area contributed by atoms with Crippen LogP contribution in [-0.2, 0) is 4.79 Å². The Morgan fingerprint density at radius 3 is 2.06 bits per heavy atom. The molecule has 0 rings (SSSR count). The first kappa shape index (κ1) is 16.4. The van der Waals surface area contributed by atoms with Crippen LogP contribution in [-0.4, -0.2) is 23.2 Å². The number of hydrogen-bond acceptors (Lipinski definition) is 2. The van der Waals surface area contributed by atoms with Gasteiger partial charge in [-0.2, -0.15) is 0 Å². The van der Waals surface area contributed by atoms with Crippen molar-refractivity contribution in [2.75, 3.05) is 0 Å². The highest BCUT2D eigenvalue weighted by Gasteiger charge is 2.20. The average molecular weight is 243 g/mol. The number of unbranched alkanes of at least 4 members (excludes halogenated alkanes) is 2. The van der Waals surface area contributed by atoms with Crippen molar-refractivity contribution in [2.24, 2.45) is 0 Å². The minimum Gasteiger partial charge on any atom is -0.480 e. The van der Waals surface area contributed by atoms with Gasteiger partial charge in [-0.05, 0) is 19.3 Å². The van der Waals surface area contributed by atoms with E-state index in [1.807, 2.05) is 0 Å². The van der Waals surface area contributed by atoms with Crippen LogP contribution in [0.2, 0.25) is 0 Å². The summed E-state index contributed by atoms with van der Waals surface area (Å²) in [6.07, 6.45) is 8.43. The predicted octanol–water partition coefficient (Wildman–Crippen LogP) is 3.58. The second-order valence-electron chi connectivity index (χ2n) is 4.83. The van der Waals surface area contributed by atoms with Gasteiger partial charge in [0, 0.05) is 6.04 Å². The molecule has 2 atom stereocenters. The number of rotatable bonds is 11. The van der Waals surface area contributed by atoms with E-state index in [1.165, 1.54) is 12.8 Å². The molecule has 0 aliphatic rings. The van der Waals surface area contributed by atoms with Gasteiger partial charge in [-0.1, -0.05) is 52.9 Å². The number of hydrogen-bond donors (Lipinski definition) is 2. The molecule has 0 aromatic carbocycles. The lowest BCUT2D eigenvalue weighted by molar-refractivity contribution is -0.140. The summed E-state index contributed by atoms with van der Waals surface area (Å²) in [4.78, 5) is 11.2. The number of carboxylic acids is 1. The van der Waals surface area contributed by atoms with Gasteiger partial charge < -0.3 is 10.4 Å². The van der Waals surface area contributed by atoms with Gasteiger partial charge in [-0.15, -0.1) is 0 Å². The number of carboxylic acid groups (broad SMARTS) is 1. The molecule has 0 saturated carbocycles. The molecule has 17 heavy (non-hydrogen) atoms. The molecule has 102 valence electrons. The first-order valence-corrected chi connectivity index (χ1v) is 7.14. The zero-order valence-corrected chi connectivity index (χ0v) is 11.7. The van der Waals surface area contributed by atoms with E-state index in [9.17, 15) is 9.90 Å². The van der Waals surface area contributed by atoms with Crippen molar-refractivity contribution in [1.82, 2.24) is 5.32 Å². The van der Waals surface area contributed by atoms with E-state index < -0.39 is 5.97 Å². The highest BCUT2D eigenvalue weighted by molar-refractivity contribution is 5.73. The molecule has 0 aliphatic carbocycles. The van der Waals surface area contributed by atoms with E-state index in [1.54, 1.807) is 0 Å². The van der Waals surface area contributed by atoms with Crippen LogP contribution in [0.15, 0.2) is 0 Å². The van der Waals surface area contributed by atoms with Crippen LogP contribution in [0.4, 0.5) is 0 Å². The normalized spacial score (nSPS) is 14.5. The van der Waals surface area contributed by atoms with E-state index in [0.29, 0.717) is 6.04 Å². The third kappa shape index (κ3) is 8.19. The molecule has 2 unspecified atom stereocenters. The minimum absolute atomic E-state index is 0.358. The second-order valence-corrected chi connectivity index (χ2v) is 4.83. The van der Waals surface area contributed by atoms with E-state index >= 15 is 0 Å². The number of nitrogens with one attached hydrogen (secondary N) is 1. The van der Waals surface area contributed by atoms with Gasteiger partial charge in [0.2, 0.25) is 0 Å². The average Bonchev–Trinajstić information content (AvgIpc) is 2.30. The van der Waals surface area contributed by atoms with Crippen molar-refractivity contribution in [2.45, 2.75) is 84.2 Å². The lowest BCUT2D eigenvalue weighted by Crippen LogP contribution is -2.43. The second kappa shape index (κ2) is 10.6. The summed E-state index contributed by atoms with van der Waals surface area (Å²) in [7, 11) is 0. The molecule has 0 saturated heterocycles. The van der Waals surface area contributed by atoms with Gasteiger partial charge in [-0.3, -0.25) is 4.79 Å². The highest BCUT2D eigenvalue weighted by atomic mass is 16.4. The van der Waals surface area contributed by atoms with Crippen LogP contribution in [0.25, 0.3) is 0 Å². The molecule has 0 radical (unpaired) electrons. The zero-order chi connectivity index (χ0) is 13.1. The molecule has 0 aromatic heterocycles. The van der Waals surface area contributed by atoms with Crippen LogP contribution in [0.5, 0.6) is 0 Å². The Labute approximate surface area is 106 Å². The summed E-state index contributed by atoms with van der Waals surface area (Å²) in [5, 5.41) is 12.5. The Hall–Kier alpha value is -0.570. The summed E-state index contributed by atoms with van der Waals surface area (Å²) in [5.41, 5.74) is 0. The molecular formula is C14H29NO2. The third-order valence-electron chi connectivity index (χ3n) is 3.12. The monoisotopic (exact) mass is 243 g/mol. The van der Waals surface area contributed by atoms with Gasteiger partial charge in [0.15, 0.2) is 0 Å². The van der Waals surface area contributed by atoms with Crippen LogP contribution in [0.1, 0.15) is 72.1 Å². The Morgan fingerprint density at radius 1 is 1.00 bits per heavy atom. The molecule has 2 N–H and O–H groups in total. The first-order chi connectivity index (χ1) is 8.15. The summed E-state index contributed by atoms with van der Waals surface area (Å²) >= 11 is 0. The van der Waals surface area contributed by atoms with Crippen molar-refractivity contribution in [3.63, 3.8) is 0 Å². The molecule has 3 nitrogen and oxygen atoms in total. The molecule has 0 aliphatic heterocycles. The van der Waals surface area contributed by atoms with Gasteiger partial charge in [0.1, 0.15) is 6.04 Å². The van der Waals surface area contributed by atoms with Gasteiger partial charge >= 0.3 is 5.97 Å². The van der Waals surface area contributed by atoms with E-state index in [-0.39, 0.29) is 6.04 Å². The van der Waals surface area contributed by atoms with Crippen LogP contribution >= 0.6 is 0 Å². The smallest absolute Gasteiger partial charge is 0.320 e. The van der Waals surface area contributed by atoms with E-state index in [4.69, 9.17) is 0 Å². The molecule has 0 fully saturated rings. The maximum Gasteiger partial charge on any atom is 0.320 e. The predicted molar refractivity (Wildman–Crippen MR) is 72.3 cm³/mol. The van der Waals surface area contributed by atoms with E-state index in [0.717, 1.165) is 38.5 Å². The lowest BCUT2D eigenvalue weighted by atomic mass is 10.0. The standard InChI is InChI=1S/C14H29NO2/c1-4-7-10-12(9-6-3)15-13(14(16)17)11-8-5-2/h12-13,15H,4-11H2,1-3H3,(H,16,17). The van der Waals surface area contributed by atoms with Gasteiger partial charge in [0.25, 0.3) is 0 Å². The van der Waals surface area contributed by atoms with Crippen molar-refractivity contribution in [3.05, 3.63) is 0 Å². The van der Waals surface area contributed by atoms with E-state index in [2.05, 4.69) is 26.1 Å². The topological polar surface area (TPSA) is 49.3 Å². The number of carbonyl (C=O) groups is 1. The minimum atomic E-state index is -0.698. The van der Waals surface area contributed by atoms with Crippen molar-refractivity contribution in [1.29, 1.82) is 0 Å². The van der Waals surface area contributed by atoms with Crippen LogP contribution < -0.4 is 5.32 Å². The molecule has 0 spiro atoms. The Kier molecular flexibility index (Phi) is 10.2. The largest absolute Gasteiger partial charge is 0.480 e. The Bertz CT molecular complexity index is 195. The first-order valence-electron chi connectivity index (χ1n) is 7.14. The molecule has 0 heterocycles. The van der Waals surface area contributed by atoms with Gasteiger partial charge in [0.05, 0.1) is 0 Å². The SMILES string of the molecule is CCCCC(CCC)NC(CCCC)C(=O)O. The molecule has 3 heteroatoms. The summed E-state index contributed by atoms with van der Waals surface area (Å²) < 4.78 is 0. The highest BCUT2D eigenvalue weighted by Crippen LogP contribution is 2.10. The lowest BCUT2D eigenvalue weighted by Gasteiger charge is -2.23. The fourth-order valence-corrected chi connectivity index (χ4v) is 2.08. The molecule has 0 bridgehead atoms. The van der Waals surface area contributed by atoms with Crippen LogP contribution in [0, 0.1) is 0 Å². The van der Waals surface area contributed by atoms with Crippen LogP contribution in [0.3, 0.4) is 0 Å². The summed E-state index contributed by atoms with van der Waals surface area (Å²) in [5.74, 6) is -0.698. The Morgan fingerprint density at radius 2 is 1.59 bits per heavy atom.